The summed E-state index contributed by atoms with van der Waals surface area (Å²) in [4.78, 5) is 48.2. The van der Waals surface area contributed by atoms with Crippen LogP contribution < -0.4 is 16.0 Å². The predicted molar refractivity (Wildman–Crippen MR) is 183 cm³/mol. The van der Waals surface area contributed by atoms with Crippen LogP contribution in [0.25, 0.3) is 10.9 Å². The molecule has 2 aromatic heterocycles. The molecule has 2 atom stereocenters. The lowest BCUT2D eigenvalue weighted by Gasteiger charge is -2.25. The molecule has 1 aliphatic rings. The standard InChI is InChI=1S/C37H48N6O4/c1-24(2)20-31(41-37(46)39-28-16-10-5-6-11-17-28)35(44)40-30(21-27-22-43(4)32-19-13-12-18-29(27)32)34-38-25(3)33(42-34)36(45)47-23-26-14-8-7-9-15-26/h7-9,12-15,18-19,22,24,28,30-31H,5-6,10-11,16-17,20-21,23H2,1-4H3,(H,38,42)(H,40,44)(H2,39,41,46)/t30-,31+/m1/s1. The van der Waals surface area contributed by atoms with Gasteiger partial charge in [0, 0.05) is 42.3 Å². The SMILES string of the molecule is Cc1[nH]c([C@@H](Cc2cn(C)c3ccccc23)NC(=O)[C@H](CC(C)C)NC(=O)NC2CCCCCC2)nc1C(=O)OCc1ccccc1. The highest BCUT2D eigenvalue weighted by atomic mass is 16.5. The molecular formula is C37H48N6O4. The number of aromatic amines is 1. The average Bonchev–Trinajstić information content (AvgIpc) is 3.47. The molecule has 1 saturated carbocycles. The van der Waals surface area contributed by atoms with Gasteiger partial charge in [-0.3, -0.25) is 4.79 Å². The van der Waals surface area contributed by atoms with Crippen LogP contribution in [-0.2, 0) is 29.6 Å². The van der Waals surface area contributed by atoms with Crippen molar-refractivity contribution in [2.45, 2.75) is 96.9 Å². The Morgan fingerprint density at radius 3 is 2.40 bits per heavy atom. The molecule has 1 fully saturated rings. The second-order valence-corrected chi connectivity index (χ2v) is 13.2. The molecular weight excluding hydrogens is 592 g/mol. The number of imidazole rings is 1. The number of hydrogen-bond donors (Lipinski definition) is 4. The maximum Gasteiger partial charge on any atom is 0.359 e. The van der Waals surface area contributed by atoms with Crippen LogP contribution in [0.2, 0.25) is 0 Å². The molecule has 2 heterocycles. The van der Waals surface area contributed by atoms with E-state index in [2.05, 4.69) is 48.8 Å². The molecule has 4 aromatic rings. The number of aromatic nitrogens is 3. The van der Waals surface area contributed by atoms with E-state index in [1.54, 1.807) is 6.92 Å². The van der Waals surface area contributed by atoms with Gasteiger partial charge >= 0.3 is 12.0 Å². The molecule has 1 aliphatic carbocycles. The first-order valence-corrected chi connectivity index (χ1v) is 16.9. The van der Waals surface area contributed by atoms with Crippen molar-refractivity contribution < 1.29 is 19.1 Å². The summed E-state index contributed by atoms with van der Waals surface area (Å²) in [7, 11) is 1.99. The zero-order chi connectivity index (χ0) is 33.3. The number of amides is 3. The molecule has 10 nitrogen and oxygen atoms in total. The Labute approximate surface area is 277 Å². The topological polar surface area (TPSA) is 130 Å². The van der Waals surface area contributed by atoms with E-state index in [0.29, 0.717) is 24.4 Å². The van der Waals surface area contributed by atoms with Crippen LogP contribution in [0.4, 0.5) is 4.79 Å². The molecule has 5 rings (SSSR count). The lowest BCUT2D eigenvalue weighted by Crippen LogP contribution is -2.53. The van der Waals surface area contributed by atoms with Gasteiger partial charge in [0.1, 0.15) is 18.5 Å². The van der Waals surface area contributed by atoms with Crippen LogP contribution in [0.3, 0.4) is 0 Å². The minimum absolute atomic E-state index is 0.116. The number of rotatable bonds is 12. The fraction of sp³-hybridized carbons (Fsp3) is 0.459. The third-order valence-electron chi connectivity index (χ3n) is 8.88. The smallest absolute Gasteiger partial charge is 0.359 e. The fourth-order valence-electron chi connectivity index (χ4n) is 6.45. The molecule has 0 spiro atoms. The van der Waals surface area contributed by atoms with Crippen molar-refractivity contribution in [3.63, 3.8) is 0 Å². The number of esters is 1. The van der Waals surface area contributed by atoms with Crippen molar-refractivity contribution in [1.82, 2.24) is 30.5 Å². The summed E-state index contributed by atoms with van der Waals surface area (Å²) in [5.74, 6) is -0.236. The van der Waals surface area contributed by atoms with Crippen molar-refractivity contribution in [2.24, 2.45) is 13.0 Å². The van der Waals surface area contributed by atoms with Crippen LogP contribution in [-0.4, -0.2) is 44.5 Å². The first kappa shape index (κ1) is 33.8. The van der Waals surface area contributed by atoms with E-state index in [1.807, 2.05) is 63.4 Å². The Hall–Kier alpha value is -4.60. The monoisotopic (exact) mass is 640 g/mol. The Bertz CT molecular complexity index is 1650. The lowest BCUT2D eigenvalue weighted by atomic mass is 10.0. The quantitative estimate of drug-likeness (QED) is 0.105. The van der Waals surface area contributed by atoms with Gasteiger partial charge in [-0.2, -0.15) is 0 Å². The van der Waals surface area contributed by atoms with Gasteiger partial charge < -0.3 is 30.2 Å². The first-order valence-electron chi connectivity index (χ1n) is 16.9. The normalized spacial score (nSPS) is 15.2. The number of carbonyl (C=O) groups is 3. The summed E-state index contributed by atoms with van der Waals surface area (Å²) < 4.78 is 7.64. The molecule has 0 radical (unpaired) electrons. The molecule has 47 heavy (non-hydrogen) atoms. The number of nitrogens with one attached hydrogen (secondary N) is 4. The number of carbonyl (C=O) groups excluding carboxylic acids is 3. The largest absolute Gasteiger partial charge is 0.456 e. The van der Waals surface area contributed by atoms with E-state index in [9.17, 15) is 14.4 Å². The van der Waals surface area contributed by atoms with Crippen molar-refractivity contribution in [3.05, 3.63) is 89.1 Å². The Morgan fingerprint density at radius 1 is 0.979 bits per heavy atom. The second kappa shape index (κ2) is 15.8. The van der Waals surface area contributed by atoms with E-state index in [1.165, 1.54) is 12.8 Å². The summed E-state index contributed by atoms with van der Waals surface area (Å²) in [5.41, 5.74) is 3.70. The minimum atomic E-state index is -0.748. The van der Waals surface area contributed by atoms with E-state index < -0.39 is 18.1 Å². The minimum Gasteiger partial charge on any atom is -0.456 e. The van der Waals surface area contributed by atoms with Crippen molar-refractivity contribution in [1.29, 1.82) is 0 Å². The summed E-state index contributed by atoms with van der Waals surface area (Å²) in [5, 5.41) is 10.3. The molecule has 250 valence electrons. The van der Waals surface area contributed by atoms with Gasteiger partial charge in [0.25, 0.3) is 0 Å². The molecule has 3 amide bonds. The maximum atomic E-state index is 14.0. The molecule has 0 bridgehead atoms. The molecule has 2 aromatic carbocycles. The van der Waals surface area contributed by atoms with Gasteiger partial charge in [-0.1, -0.05) is 88.1 Å². The highest BCUT2D eigenvalue weighted by molar-refractivity contribution is 5.89. The van der Waals surface area contributed by atoms with Crippen LogP contribution in [0, 0.1) is 12.8 Å². The third kappa shape index (κ3) is 9.02. The number of ether oxygens (including phenoxy) is 1. The fourth-order valence-corrected chi connectivity index (χ4v) is 6.45. The van der Waals surface area contributed by atoms with Gasteiger partial charge in [0.05, 0.1) is 6.04 Å². The summed E-state index contributed by atoms with van der Waals surface area (Å²) in [6.07, 6.45) is 9.43. The number of hydrogen-bond acceptors (Lipinski definition) is 5. The molecule has 0 aliphatic heterocycles. The number of para-hydroxylation sites is 1. The molecule has 0 saturated heterocycles. The number of nitrogens with zero attached hydrogens (tertiary/aromatic N) is 2. The molecule has 10 heteroatoms. The van der Waals surface area contributed by atoms with Crippen LogP contribution >= 0.6 is 0 Å². The highest BCUT2D eigenvalue weighted by Crippen LogP contribution is 2.26. The van der Waals surface area contributed by atoms with Crippen LogP contribution in [0.15, 0.2) is 60.8 Å². The molecule has 0 unspecified atom stereocenters. The van der Waals surface area contributed by atoms with Gasteiger partial charge in [-0.25, -0.2) is 14.6 Å². The van der Waals surface area contributed by atoms with E-state index in [-0.39, 0.29) is 36.2 Å². The van der Waals surface area contributed by atoms with Crippen LogP contribution in [0.5, 0.6) is 0 Å². The Balaban J connectivity index is 1.38. The van der Waals surface area contributed by atoms with Gasteiger partial charge in [-0.05, 0) is 49.3 Å². The zero-order valence-corrected chi connectivity index (χ0v) is 28.0. The molecule has 4 N–H and O–H groups in total. The maximum absolute atomic E-state index is 14.0. The summed E-state index contributed by atoms with van der Waals surface area (Å²) >= 11 is 0. The van der Waals surface area contributed by atoms with Gasteiger partial charge in [0.15, 0.2) is 5.69 Å². The zero-order valence-electron chi connectivity index (χ0n) is 28.0. The van der Waals surface area contributed by atoms with E-state index in [0.717, 1.165) is 47.7 Å². The Kier molecular flexibility index (Phi) is 11.3. The summed E-state index contributed by atoms with van der Waals surface area (Å²) in [6.45, 7) is 5.96. The average molecular weight is 641 g/mol. The van der Waals surface area contributed by atoms with Gasteiger partial charge in [-0.15, -0.1) is 0 Å². The number of benzene rings is 2. The predicted octanol–water partition coefficient (Wildman–Crippen LogP) is 6.40. The Morgan fingerprint density at radius 2 is 1.68 bits per heavy atom. The second-order valence-electron chi connectivity index (χ2n) is 13.2. The van der Waals surface area contributed by atoms with E-state index in [4.69, 9.17) is 4.74 Å². The van der Waals surface area contributed by atoms with Gasteiger partial charge in [0.2, 0.25) is 5.91 Å². The third-order valence-corrected chi connectivity index (χ3v) is 8.88. The van der Waals surface area contributed by atoms with Crippen molar-refractivity contribution in [3.8, 4) is 0 Å². The van der Waals surface area contributed by atoms with Crippen molar-refractivity contribution >= 4 is 28.8 Å². The van der Waals surface area contributed by atoms with Crippen molar-refractivity contribution in [2.75, 3.05) is 0 Å². The number of urea groups is 1. The number of fused-ring (bicyclic) bond motifs is 1. The first-order chi connectivity index (χ1) is 22.7. The summed E-state index contributed by atoms with van der Waals surface area (Å²) in [6, 6.07) is 16.0. The van der Waals surface area contributed by atoms with E-state index >= 15 is 0 Å². The van der Waals surface area contributed by atoms with Crippen LogP contribution in [0.1, 0.15) is 98.0 Å². The highest BCUT2D eigenvalue weighted by Gasteiger charge is 2.29. The lowest BCUT2D eigenvalue weighted by molar-refractivity contribution is -0.124. The number of H-pyrrole nitrogens is 1. The number of aryl methyl sites for hydroxylation is 2.